The molecular formula is C21H24N12O8P2S2. The molecule has 0 radical (unpaired) electrons. The van der Waals surface area contributed by atoms with Gasteiger partial charge in [-0.2, -0.15) is 0 Å². The van der Waals surface area contributed by atoms with Gasteiger partial charge in [-0.1, -0.05) is 29.6 Å². The van der Waals surface area contributed by atoms with Crippen molar-refractivity contribution in [3.8, 4) is 0 Å². The molecule has 0 bridgehead atoms. The Labute approximate surface area is 261 Å². The molecule has 1 saturated carbocycles. The Hall–Kier alpha value is -2.94. The number of hydrogen-bond donors (Lipinski definition) is 4. The van der Waals surface area contributed by atoms with E-state index in [-0.39, 0.29) is 61.2 Å². The number of imidazole rings is 2. The van der Waals surface area contributed by atoms with E-state index in [1.807, 2.05) is 0 Å². The number of nitrogens with two attached hydrogens (primary N) is 1. The summed E-state index contributed by atoms with van der Waals surface area (Å²) in [7, 11) is 0. The Kier molecular flexibility index (Phi) is 7.08. The summed E-state index contributed by atoms with van der Waals surface area (Å²) in [5.41, 5.74) is 6.80. The lowest BCUT2D eigenvalue weighted by atomic mass is 9.70. The fraction of sp³-hybridized carbons (Fsp3) is 0.524. The van der Waals surface area contributed by atoms with Crippen molar-refractivity contribution in [2.45, 2.75) is 37.3 Å². The summed E-state index contributed by atoms with van der Waals surface area (Å²) in [6.07, 6.45) is 2.65. The number of aromatic nitrogens is 11. The SMILES string of the molecule is Nc1ncnc2c1ncn2[C@H]1C[C@@H]2OP(=O)(S)OC[C@H]3C[C@@H](n4cnc5c(=O)n6nnnc6[nH]c54)[C@@H]3COP(=O)(S)OC[C@H]2O1. The van der Waals surface area contributed by atoms with Gasteiger partial charge in [0, 0.05) is 18.4 Å². The smallest absolute Gasteiger partial charge is 0.382 e. The third-order valence-corrected chi connectivity index (χ3v) is 11.6. The summed E-state index contributed by atoms with van der Waals surface area (Å²) in [6.45, 7) is -8.17. The van der Waals surface area contributed by atoms with E-state index in [9.17, 15) is 13.9 Å². The van der Waals surface area contributed by atoms with Crippen molar-refractivity contribution in [2.75, 3.05) is 25.6 Å². The number of anilines is 1. The van der Waals surface area contributed by atoms with Crippen LogP contribution in [0.3, 0.4) is 0 Å². The molecule has 7 heterocycles. The van der Waals surface area contributed by atoms with E-state index < -0.39 is 37.6 Å². The van der Waals surface area contributed by atoms with Crippen molar-refractivity contribution in [1.82, 2.24) is 54.1 Å². The second-order valence-electron chi connectivity index (χ2n) is 10.8. The first-order chi connectivity index (χ1) is 21.6. The van der Waals surface area contributed by atoms with Gasteiger partial charge in [0.25, 0.3) is 5.78 Å². The van der Waals surface area contributed by atoms with Crippen LogP contribution in [-0.4, -0.2) is 86.1 Å². The fourth-order valence-corrected chi connectivity index (χ4v) is 8.77. The van der Waals surface area contributed by atoms with Crippen LogP contribution in [-0.2, 0) is 32.0 Å². The number of nitrogen functional groups attached to an aromatic ring is 1. The molecule has 2 aliphatic heterocycles. The second-order valence-corrected chi connectivity index (χ2v) is 16.6. The van der Waals surface area contributed by atoms with Crippen LogP contribution in [0, 0.1) is 11.8 Å². The highest BCUT2D eigenvalue weighted by atomic mass is 32.7. The van der Waals surface area contributed by atoms with E-state index in [0.717, 1.165) is 4.52 Å². The van der Waals surface area contributed by atoms with Crippen LogP contribution in [0.25, 0.3) is 28.1 Å². The summed E-state index contributed by atoms with van der Waals surface area (Å²) in [5, 5.41) is 11.0. The second kappa shape index (κ2) is 10.8. The third kappa shape index (κ3) is 5.17. The van der Waals surface area contributed by atoms with Gasteiger partial charge < -0.3 is 29.1 Å². The van der Waals surface area contributed by atoms with Crippen LogP contribution in [0.5, 0.6) is 0 Å². The number of nitrogens with zero attached hydrogens (tertiary/aromatic N) is 10. The average Bonchev–Trinajstić information content (AvgIpc) is 3.77. The molecule has 3 aliphatic rings. The van der Waals surface area contributed by atoms with Gasteiger partial charge in [-0.3, -0.25) is 18.4 Å². The Morgan fingerprint density at radius 1 is 0.933 bits per heavy atom. The first-order valence-electron chi connectivity index (χ1n) is 13.6. The maximum absolute atomic E-state index is 13.5. The summed E-state index contributed by atoms with van der Waals surface area (Å²) >= 11 is 8.44. The minimum absolute atomic E-state index is 0.00540. The van der Waals surface area contributed by atoms with Gasteiger partial charge >= 0.3 is 19.2 Å². The van der Waals surface area contributed by atoms with Gasteiger partial charge in [-0.15, -0.1) is 4.52 Å². The topological polar surface area (TPSA) is 244 Å². The Balaban J connectivity index is 1.04. The molecule has 3 N–H and O–H groups in total. The third-order valence-electron chi connectivity index (χ3n) is 8.32. The zero-order chi connectivity index (χ0) is 31.1. The number of thiol groups is 2. The number of rotatable bonds is 2. The van der Waals surface area contributed by atoms with E-state index in [1.54, 1.807) is 9.13 Å². The van der Waals surface area contributed by atoms with Crippen molar-refractivity contribution in [3.63, 3.8) is 0 Å². The molecular weight excluding hydrogens is 674 g/mol. The number of ether oxygens (including phenoxy) is 1. The molecule has 0 spiro atoms. The summed E-state index contributed by atoms with van der Waals surface area (Å²) in [5.74, 6) is -0.201. The van der Waals surface area contributed by atoms with E-state index in [4.69, 9.17) is 28.6 Å². The monoisotopic (exact) mass is 698 g/mol. The lowest BCUT2D eigenvalue weighted by molar-refractivity contribution is -0.0365. The maximum atomic E-state index is 13.5. The van der Waals surface area contributed by atoms with Crippen molar-refractivity contribution < 1.29 is 32.0 Å². The number of nitrogens with one attached hydrogen (secondary N) is 1. The van der Waals surface area contributed by atoms with Gasteiger partial charge in [0.05, 0.1) is 32.5 Å². The zero-order valence-electron chi connectivity index (χ0n) is 22.8. The van der Waals surface area contributed by atoms with Crippen LogP contribution in [0.1, 0.15) is 25.1 Å². The first-order valence-corrected chi connectivity index (χ1v) is 19.0. The van der Waals surface area contributed by atoms with Gasteiger partial charge in [-0.05, 0) is 22.8 Å². The van der Waals surface area contributed by atoms with Crippen LogP contribution in [0.2, 0.25) is 0 Å². The first kappa shape index (κ1) is 29.5. The van der Waals surface area contributed by atoms with Crippen LogP contribution in [0.15, 0.2) is 23.8 Å². The van der Waals surface area contributed by atoms with E-state index in [2.05, 4.69) is 64.9 Å². The van der Waals surface area contributed by atoms with Crippen molar-refractivity contribution in [3.05, 3.63) is 29.3 Å². The molecule has 3 fully saturated rings. The van der Waals surface area contributed by atoms with Gasteiger partial charge in [0.2, 0.25) is 0 Å². The van der Waals surface area contributed by atoms with Gasteiger partial charge in [0.1, 0.15) is 35.9 Å². The number of aromatic amines is 1. The number of fused-ring (bicyclic) bond motifs is 5. The maximum Gasteiger partial charge on any atom is 0.386 e. The van der Waals surface area contributed by atoms with Gasteiger partial charge in [0.15, 0.2) is 17.0 Å². The van der Waals surface area contributed by atoms with Crippen LogP contribution >= 0.6 is 38.1 Å². The minimum atomic E-state index is -3.92. The van der Waals surface area contributed by atoms with Crippen molar-refractivity contribution in [2.24, 2.45) is 11.8 Å². The lowest BCUT2D eigenvalue weighted by Gasteiger charge is -2.45. The molecule has 5 aromatic rings. The lowest BCUT2D eigenvalue weighted by Crippen LogP contribution is -2.43. The number of H-pyrrole nitrogens is 1. The molecule has 8 rings (SSSR count). The normalized spacial score (nSPS) is 34.5. The number of tetrazole rings is 1. The zero-order valence-corrected chi connectivity index (χ0v) is 26.4. The largest absolute Gasteiger partial charge is 0.386 e. The van der Waals surface area contributed by atoms with Gasteiger partial charge in [-0.25, -0.2) is 29.1 Å². The van der Waals surface area contributed by atoms with Crippen molar-refractivity contribution in [1.29, 1.82) is 0 Å². The van der Waals surface area contributed by atoms with E-state index in [0.29, 0.717) is 23.2 Å². The standard InChI is InChI=1S/C21H24N12O8P2S2/c22-17-15-18(24-6-23-17)32(8-25-15)14-2-12-13(40-14)5-39-42(35,44)38-4-10-9(3-37-43(36,45)41-12)1-11(10)31-7-26-16-19(31)27-21-28-29-30-33(21)20(16)34/h6-14H,1-5H2,(H,35,44)(H,36,45)(H2,22,23,24)(H,27,28,30)/t9-,10-,11-,12+,13-,14-,42?,43?/m1/s1. The Morgan fingerprint density at radius 2 is 1.71 bits per heavy atom. The summed E-state index contributed by atoms with van der Waals surface area (Å²) < 4.78 is 60.4. The van der Waals surface area contributed by atoms with E-state index in [1.165, 1.54) is 19.0 Å². The highest BCUT2D eigenvalue weighted by molar-refractivity contribution is 8.44. The highest BCUT2D eigenvalue weighted by Gasteiger charge is 2.47. The fourth-order valence-electron chi connectivity index (χ4n) is 6.03. The number of hydrogen-bond acceptors (Lipinski definition) is 16. The molecule has 0 aromatic carbocycles. The molecule has 1 aliphatic carbocycles. The summed E-state index contributed by atoms with van der Waals surface area (Å²) in [4.78, 5) is 32.6. The molecule has 0 amide bonds. The summed E-state index contributed by atoms with van der Waals surface area (Å²) in [6, 6.07) is -0.275. The molecule has 20 nitrogen and oxygen atoms in total. The Bertz CT molecular complexity index is 2100. The molecule has 238 valence electrons. The van der Waals surface area contributed by atoms with Crippen molar-refractivity contribution >= 4 is 72.0 Å². The average molecular weight is 699 g/mol. The predicted octanol–water partition coefficient (Wildman–Crippen LogP) is 1.57. The highest BCUT2D eigenvalue weighted by Crippen LogP contribution is 2.60. The molecule has 8 atom stereocenters. The van der Waals surface area contributed by atoms with E-state index >= 15 is 0 Å². The molecule has 45 heavy (non-hydrogen) atoms. The molecule has 2 unspecified atom stereocenters. The molecule has 5 aromatic heterocycles. The predicted molar refractivity (Wildman–Crippen MR) is 160 cm³/mol. The van der Waals surface area contributed by atoms with Crippen LogP contribution < -0.4 is 11.3 Å². The Morgan fingerprint density at radius 3 is 2.58 bits per heavy atom. The minimum Gasteiger partial charge on any atom is -0.382 e. The van der Waals surface area contributed by atoms with Crippen LogP contribution in [0.4, 0.5) is 5.82 Å². The molecule has 2 saturated heterocycles. The quantitative estimate of drug-likeness (QED) is 0.151. The molecule has 24 heteroatoms.